The number of aromatic nitrogens is 2. The molecule has 1 saturated heterocycles. The van der Waals surface area contributed by atoms with Crippen LogP contribution in [0.2, 0.25) is 0 Å². The van der Waals surface area contributed by atoms with E-state index < -0.39 is 5.72 Å². The van der Waals surface area contributed by atoms with Gasteiger partial charge >= 0.3 is 0 Å². The van der Waals surface area contributed by atoms with E-state index in [2.05, 4.69) is 111 Å². The zero-order chi connectivity index (χ0) is 22.7. The van der Waals surface area contributed by atoms with Gasteiger partial charge in [-0.25, -0.2) is 0 Å². The first-order valence-electron chi connectivity index (χ1n) is 11.7. The number of benzene rings is 2. The lowest BCUT2D eigenvalue weighted by Gasteiger charge is -2.48. The maximum atomic E-state index is 6.71. The van der Waals surface area contributed by atoms with Crippen molar-refractivity contribution in [1.29, 1.82) is 0 Å². The van der Waals surface area contributed by atoms with Crippen molar-refractivity contribution in [2.24, 2.45) is 0 Å². The van der Waals surface area contributed by atoms with Crippen LogP contribution in [0.4, 0.5) is 0 Å². The normalized spacial score (nSPS) is 23.6. The van der Waals surface area contributed by atoms with E-state index in [9.17, 15) is 0 Å². The molecule has 5 heteroatoms. The number of nitrogens with one attached hydrogen (secondary N) is 2. The molecule has 0 amide bonds. The van der Waals surface area contributed by atoms with Gasteiger partial charge in [-0.15, -0.1) is 0 Å². The standard InChI is InChI=1S/C27H36N4O/c1-19(2)32-27(24-14-10-7-11-15-24)26(28-17-23-12-8-6-9-13-23)16-25(18-29-27)31-22(5)20(3)21(4)30-31/h6-15,19,25-26,28-29H,16-18H2,1-5H3. The Morgan fingerprint density at radius 2 is 1.72 bits per heavy atom. The monoisotopic (exact) mass is 432 g/mol. The first kappa shape index (κ1) is 22.7. The fraction of sp³-hybridized carbons (Fsp3) is 0.444. The third-order valence-corrected chi connectivity index (χ3v) is 6.65. The largest absolute Gasteiger partial charge is 0.352 e. The summed E-state index contributed by atoms with van der Waals surface area (Å²) >= 11 is 0. The van der Waals surface area contributed by atoms with Crippen LogP contribution in [0.3, 0.4) is 0 Å². The molecule has 32 heavy (non-hydrogen) atoms. The smallest absolute Gasteiger partial charge is 0.161 e. The van der Waals surface area contributed by atoms with Crippen LogP contribution < -0.4 is 10.6 Å². The molecular formula is C27H36N4O. The van der Waals surface area contributed by atoms with Gasteiger partial charge in [0.2, 0.25) is 0 Å². The van der Waals surface area contributed by atoms with Crippen LogP contribution in [0, 0.1) is 20.8 Å². The molecule has 2 heterocycles. The van der Waals surface area contributed by atoms with E-state index in [4.69, 9.17) is 9.84 Å². The van der Waals surface area contributed by atoms with Crippen LogP contribution in [-0.2, 0) is 17.0 Å². The van der Waals surface area contributed by atoms with Gasteiger partial charge in [0.25, 0.3) is 0 Å². The Kier molecular flexibility index (Phi) is 6.79. The number of piperidine rings is 1. The molecule has 1 aromatic heterocycles. The molecule has 2 N–H and O–H groups in total. The number of hydrogen-bond donors (Lipinski definition) is 2. The summed E-state index contributed by atoms with van der Waals surface area (Å²) in [5, 5.41) is 12.5. The minimum absolute atomic E-state index is 0.0652. The van der Waals surface area contributed by atoms with E-state index in [0.717, 1.165) is 30.8 Å². The van der Waals surface area contributed by atoms with E-state index in [1.54, 1.807) is 0 Å². The summed E-state index contributed by atoms with van der Waals surface area (Å²) in [7, 11) is 0. The van der Waals surface area contributed by atoms with Crippen LogP contribution in [0.25, 0.3) is 0 Å². The molecule has 1 aliphatic rings. The Balaban J connectivity index is 1.70. The van der Waals surface area contributed by atoms with Gasteiger partial charge in [-0.05, 0) is 52.2 Å². The molecule has 1 aliphatic heterocycles. The van der Waals surface area contributed by atoms with Crippen molar-refractivity contribution < 1.29 is 4.74 Å². The topological polar surface area (TPSA) is 51.1 Å². The number of ether oxygens (including phenoxy) is 1. The quantitative estimate of drug-likeness (QED) is 0.564. The summed E-state index contributed by atoms with van der Waals surface area (Å²) in [4.78, 5) is 0. The zero-order valence-electron chi connectivity index (χ0n) is 19.9. The van der Waals surface area contributed by atoms with Crippen LogP contribution in [0.1, 0.15) is 54.4 Å². The van der Waals surface area contributed by atoms with Crippen molar-refractivity contribution in [1.82, 2.24) is 20.4 Å². The Hall–Kier alpha value is -2.47. The van der Waals surface area contributed by atoms with E-state index >= 15 is 0 Å². The average Bonchev–Trinajstić information content (AvgIpc) is 3.06. The molecule has 4 rings (SSSR count). The molecule has 1 fully saturated rings. The molecule has 0 radical (unpaired) electrons. The van der Waals surface area contributed by atoms with Gasteiger partial charge in [0, 0.05) is 24.3 Å². The number of nitrogens with zero attached hydrogens (tertiary/aromatic N) is 2. The lowest BCUT2D eigenvalue weighted by atomic mass is 9.85. The molecule has 3 atom stereocenters. The predicted molar refractivity (Wildman–Crippen MR) is 130 cm³/mol. The van der Waals surface area contributed by atoms with Gasteiger partial charge in [-0.1, -0.05) is 60.7 Å². The van der Waals surface area contributed by atoms with Gasteiger partial charge in [0.05, 0.1) is 23.9 Å². The first-order chi connectivity index (χ1) is 15.4. The SMILES string of the molecule is Cc1nn(C2CNC(OC(C)C)(c3ccccc3)C(NCc3ccccc3)C2)c(C)c1C. The minimum atomic E-state index is -0.605. The van der Waals surface area contributed by atoms with Crippen molar-refractivity contribution >= 4 is 0 Å². The summed E-state index contributed by atoms with van der Waals surface area (Å²) in [5.41, 5.74) is 5.44. The van der Waals surface area contributed by atoms with Crippen LogP contribution in [0.15, 0.2) is 60.7 Å². The third kappa shape index (κ3) is 4.51. The highest BCUT2D eigenvalue weighted by molar-refractivity contribution is 5.27. The predicted octanol–water partition coefficient (Wildman–Crippen LogP) is 4.78. The second-order valence-corrected chi connectivity index (χ2v) is 9.20. The fourth-order valence-electron chi connectivity index (χ4n) is 4.82. The van der Waals surface area contributed by atoms with E-state index in [0.29, 0.717) is 0 Å². The van der Waals surface area contributed by atoms with Crippen molar-refractivity contribution in [2.75, 3.05) is 6.54 Å². The van der Waals surface area contributed by atoms with Crippen molar-refractivity contribution in [3.8, 4) is 0 Å². The van der Waals surface area contributed by atoms with Gasteiger partial charge in [-0.3, -0.25) is 10.00 Å². The molecule has 3 aromatic rings. The summed E-state index contributed by atoms with van der Waals surface area (Å²) in [6.45, 7) is 12.2. The molecule has 3 unspecified atom stereocenters. The number of aryl methyl sites for hydroxylation is 1. The molecule has 0 bridgehead atoms. The molecular weight excluding hydrogens is 396 g/mol. The molecule has 0 saturated carbocycles. The molecule has 170 valence electrons. The Morgan fingerprint density at radius 1 is 1.06 bits per heavy atom. The van der Waals surface area contributed by atoms with Crippen LogP contribution >= 0.6 is 0 Å². The van der Waals surface area contributed by atoms with Gasteiger partial charge in [0.1, 0.15) is 0 Å². The lowest BCUT2D eigenvalue weighted by Crippen LogP contribution is -2.64. The summed E-state index contributed by atoms with van der Waals surface area (Å²) < 4.78 is 8.91. The van der Waals surface area contributed by atoms with E-state index in [1.165, 1.54) is 16.8 Å². The maximum Gasteiger partial charge on any atom is 0.161 e. The highest BCUT2D eigenvalue weighted by Gasteiger charge is 2.47. The fourth-order valence-corrected chi connectivity index (χ4v) is 4.82. The summed E-state index contributed by atoms with van der Waals surface area (Å²) in [5.74, 6) is 0. The maximum absolute atomic E-state index is 6.71. The van der Waals surface area contributed by atoms with Crippen LogP contribution in [0.5, 0.6) is 0 Å². The van der Waals surface area contributed by atoms with Gasteiger partial charge < -0.3 is 10.1 Å². The minimum Gasteiger partial charge on any atom is -0.352 e. The van der Waals surface area contributed by atoms with Gasteiger partial charge in [-0.2, -0.15) is 5.10 Å². The highest BCUT2D eigenvalue weighted by atomic mass is 16.5. The highest BCUT2D eigenvalue weighted by Crippen LogP contribution is 2.37. The molecule has 0 spiro atoms. The van der Waals surface area contributed by atoms with E-state index in [1.807, 2.05) is 0 Å². The summed E-state index contributed by atoms with van der Waals surface area (Å²) in [6.07, 6.45) is 0.999. The second-order valence-electron chi connectivity index (χ2n) is 9.20. The molecule has 5 nitrogen and oxygen atoms in total. The van der Waals surface area contributed by atoms with Gasteiger partial charge in [0.15, 0.2) is 5.72 Å². The lowest BCUT2D eigenvalue weighted by molar-refractivity contribution is -0.149. The molecule has 2 aromatic carbocycles. The third-order valence-electron chi connectivity index (χ3n) is 6.65. The van der Waals surface area contributed by atoms with Crippen molar-refractivity contribution in [2.45, 2.75) is 71.5 Å². The average molecular weight is 433 g/mol. The summed E-state index contributed by atoms with van der Waals surface area (Å²) in [6, 6.07) is 21.5. The van der Waals surface area contributed by atoms with Crippen LogP contribution in [-0.4, -0.2) is 28.5 Å². The van der Waals surface area contributed by atoms with Crippen molar-refractivity contribution in [3.63, 3.8) is 0 Å². The second kappa shape index (κ2) is 9.57. The Bertz CT molecular complexity index is 1010. The number of rotatable bonds is 7. The molecule has 0 aliphatic carbocycles. The van der Waals surface area contributed by atoms with E-state index in [-0.39, 0.29) is 18.2 Å². The first-order valence-corrected chi connectivity index (χ1v) is 11.7. The Morgan fingerprint density at radius 3 is 2.31 bits per heavy atom. The van der Waals surface area contributed by atoms with Crippen molar-refractivity contribution in [3.05, 3.63) is 88.7 Å². The Labute approximate surface area is 192 Å². The zero-order valence-corrected chi connectivity index (χ0v) is 19.9. The number of hydrogen-bond acceptors (Lipinski definition) is 4.